The minimum atomic E-state index is 0.624. The summed E-state index contributed by atoms with van der Waals surface area (Å²) in [6.45, 7) is 4.75. The van der Waals surface area contributed by atoms with Crippen LogP contribution in [0.4, 0.5) is 5.69 Å². The smallest absolute Gasteiger partial charge is 0.0924 e. The molecule has 3 atom stereocenters. The maximum atomic E-state index is 4.06. The van der Waals surface area contributed by atoms with Crippen molar-refractivity contribution in [2.45, 2.75) is 39.2 Å². The lowest BCUT2D eigenvalue weighted by atomic mass is 9.79. The summed E-state index contributed by atoms with van der Waals surface area (Å²) in [7, 11) is 0. The van der Waals surface area contributed by atoms with E-state index >= 15 is 0 Å². The summed E-state index contributed by atoms with van der Waals surface area (Å²) in [5.74, 6) is 1.70. The van der Waals surface area contributed by atoms with E-state index < -0.39 is 0 Å². The van der Waals surface area contributed by atoms with Gasteiger partial charge < -0.3 is 10.3 Å². The SMILES string of the molecule is CC1CCC(Nc2ccc(-c3cnc[nH]3)cc2)CC1C. The number of nitrogens with zero attached hydrogens (tertiary/aromatic N) is 1. The van der Waals surface area contributed by atoms with Gasteiger partial charge in [-0.2, -0.15) is 0 Å². The van der Waals surface area contributed by atoms with Crippen LogP contribution < -0.4 is 5.32 Å². The number of hydrogen-bond acceptors (Lipinski definition) is 2. The number of anilines is 1. The number of imidazole rings is 1. The first-order valence-electron chi connectivity index (χ1n) is 7.57. The largest absolute Gasteiger partial charge is 0.382 e. The van der Waals surface area contributed by atoms with Crippen molar-refractivity contribution in [3.05, 3.63) is 36.8 Å². The first-order valence-corrected chi connectivity index (χ1v) is 7.57. The lowest BCUT2D eigenvalue weighted by Crippen LogP contribution is -2.30. The standard InChI is InChI=1S/C17H23N3/c1-12-3-6-16(9-13(12)2)20-15-7-4-14(5-8-15)17-10-18-11-19-17/h4-5,7-8,10-13,16,20H,3,6,9H2,1-2H3,(H,18,19). The van der Waals surface area contributed by atoms with E-state index in [2.05, 4.69) is 53.4 Å². The van der Waals surface area contributed by atoms with Gasteiger partial charge in [-0.15, -0.1) is 0 Å². The molecule has 3 unspecified atom stereocenters. The maximum Gasteiger partial charge on any atom is 0.0924 e. The van der Waals surface area contributed by atoms with Crippen molar-refractivity contribution in [3.8, 4) is 11.3 Å². The summed E-state index contributed by atoms with van der Waals surface area (Å²) < 4.78 is 0. The normalized spacial score (nSPS) is 26.4. The molecule has 1 fully saturated rings. The molecule has 20 heavy (non-hydrogen) atoms. The Morgan fingerprint density at radius 1 is 1.10 bits per heavy atom. The Kier molecular flexibility index (Phi) is 3.77. The number of aromatic amines is 1. The monoisotopic (exact) mass is 269 g/mol. The topological polar surface area (TPSA) is 40.7 Å². The third-order valence-corrected chi connectivity index (χ3v) is 4.66. The molecule has 1 aromatic carbocycles. The number of nitrogens with one attached hydrogen (secondary N) is 2. The van der Waals surface area contributed by atoms with E-state index in [1.54, 1.807) is 6.33 Å². The average molecular weight is 269 g/mol. The Balaban J connectivity index is 1.64. The Bertz CT molecular complexity index is 530. The minimum absolute atomic E-state index is 0.624. The van der Waals surface area contributed by atoms with Crippen molar-refractivity contribution in [2.24, 2.45) is 11.8 Å². The third-order valence-electron chi connectivity index (χ3n) is 4.66. The van der Waals surface area contributed by atoms with E-state index in [1.165, 1.54) is 30.5 Å². The van der Waals surface area contributed by atoms with Gasteiger partial charge in [0.2, 0.25) is 0 Å². The predicted molar refractivity (Wildman–Crippen MR) is 83.6 cm³/mol. The molecule has 1 aliphatic rings. The first kappa shape index (κ1) is 13.2. The van der Waals surface area contributed by atoms with Crippen molar-refractivity contribution in [3.63, 3.8) is 0 Å². The third kappa shape index (κ3) is 2.87. The summed E-state index contributed by atoms with van der Waals surface area (Å²) in [5, 5.41) is 3.68. The van der Waals surface area contributed by atoms with Gasteiger partial charge in [-0.1, -0.05) is 26.0 Å². The van der Waals surface area contributed by atoms with E-state index in [9.17, 15) is 0 Å². The zero-order valence-electron chi connectivity index (χ0n) is 12.3. The summed E-state index contributed by atoms with van der Waals surface area (Å²) in [6, 6.07) is 9.24. The Morgan fingerprint density at radius 3 is 2.55 bits per heavy atom. The summed E-state index contributed by atoms with van der Waals surface area (Å²) in [4.78, 5) is 7.19. The van der Waals surface area contributed by atoms with Gasteiger partial charge in [-0.3, -0.25) is 0 Å². The molecule has 3 heteroatoms. The Morgan fingerprint density at radius 2 is 1.90 bits per heavy atom. The molecular formula is C17H23N3. The van der Waals surface area contributed by atoms with E-state index in [0.717, 1.165) is 17.5 Å². The fourth-order valence-electron chi connectivity index (χ4n) is 3.07. The van der Waals surface area contributed by atoms with Gasteiger partial charge in [-0.05, 0) is 48.8 Å². The van der Waals surface area contributed by atoms with Crippen LogP contribution in [0.1, 0.15) is 33.1 Å². The van der Waals surface area contributed by atoms with Crippen molar-refractivity contribution in [1.29, 1.82) is 0 Å². The Hall–Kier alpha value is -1.77. The van der Waals surface area contributed by atoms with Gasteiger partial charge >= 0.3 is 0 Å². The number of hydrogen-bond donors (Lipinski definition) is 2. The van der Waals surface area contributed by atoms with E-state index in [4.69, 9.17) is 0 Å². The molecule has 1 aromatic heterocycles. The molecule has 1 aliphatic carbocycles. The molecule has 0 bridgehead atoms. The molecular weight excluding hydrogens is 246 g/mol. The summed E-state index contributed by atoms with van der Waals surface area (Å²) in [6.07, 6.45) is 7.47. The van der Waals surface area contributed by atoms with Crippen LogP contribution >= 0.6 is 0 Å². The van der Waals surface area contributed by atoms with E-state index in [1.807, 2.05) is 6.20 Å². The van der Waals surface area contributed by atoms with Gasteiger partial charge in [0, 0.05) is 11.7 Å². The molecule has 0 amide bonds. The molecule has 2 aromatic rings. The highest BCUT2D eigenvalue weighted by atomic mass is 14.9. The van der Waals surface area contributed by atoms with Crippen LogP contribution in [0.25, 0.3) is 11.3 Å². The Labute approximate surface area is 120 Å². The molecule has 0 radical (unpaired) electrons. The molecule has 0 spiro atoms. The second kappa shape index (κ2) is 5.70. The predicted octanol–water partition coefficient (Wildman–Crippen LogP) is 4.31. The highest BCUT2D eigenvalue weighted by molar-refractivity contribution is 5.62. The summed E-state index contributed by atoms with van der Waals surface area (Å²) >= 11 is 0. The molecule has 3 rings (SSSR count). The zero-order chi connectivity index (χ0) is 13.9. The zero-order valence-corrected chi connectivity index (χ0v) is 12.3. The summed E-state index contributed by atoms with van der Waals surface area (Å²) in [5.41, 5.74) is 3.47. The lowest BCUT2D eigenvalue weighted by molar-refractivity contribution is 0.261. The van der Waals surface area contributed by atoms with Crippen LogP contribution in [0.3, 0.4) is 0 Å². The molecule has 106 valence electrons. The van der Waals surface area contributed by atoms with Crippen LogP contribution in [0, 0.1) is 11.8 Å². The van der Waals surface area contributed by atoms with Crippen molar-refractivity contribution in [1.82, 2.24) is 9.97 Å². The van der Waals surface area contributed by atoms with Crippen molar-refractivity contribution >= 4 is 5.69 Å². The fraction of sp³-hybridized carbons (Fsp3) is 0.471. The molecule has 0 aliphatic heterocycles. The van der Waals surface area contributed by atoms with Gasteiger partial charge in [0.1, 0.15) is 0 Å². The van der Waals surface area contributed by atoms with Crippen LogP contribution in [0.2, 0.25) is 0 Å². The van der Waals surface area contributed by atoms with Gasteiger partial charge in [0.15, 0.2) is 0 Å². The van der Waals surface area contributed by atoms with Gasteiger partial charge in [0.05, 0.1) is 18.2 Å². The quantitative estimate of drug-likeness (QED) is 0.871. The number of aromatic nitrogens is 2. The highest BCUT2D eigenvalue weighted by Gasteiger charge is 2.24. The second-order valence-corrected chi connectivity index (χ2v) is 6.15. The van der Waals surface area contributed by atoms with E-state index in [-0.39, 0.29) is 0 Å². The van der Waals surface area contributed by atoms with Gasteiger partial charge in [0.25, 0.3) is 0 Å². The molecule has 2 N–H and O–H groups in total. The van der Waals surface area contributed by atoms with Crippen molar-refractivity contribution < 1.29 is 0 Å². The molecule has 1 heterocycles. The molecule has 3 nitrogen and oxygen atoms in total. The molecule has 0 saturated heterocycles. The van der Waals surface area contributed by atoms with Crippen LogP contribution in [-0.2, 0) is 0 Å². The van der Waals surface area contributed by atoms with E-state index in [0.29, 0.717) is 6.04 Å². The van der Waals surface area contributed by atoms with Crippen molar-refractivity contribution in [2.75, 3.05) is 5.32 Å². The number of rotatable bonds is 3. The average Bonchev–Trinajstić information content (AvgIpc) is 2.98. The highest BCUT2D eigenvalue weighted by Crippen LogP contribution is 2.31. The fourth-order valence-corrected chi connectivity index (χ4v) is 3.07. The number of H-pyrrole nitrogens is 1. The minimum Gasteiger partial charge on any atom is -0.382 e. The molecule has 1 saturated carbocycles. The number of benzene rings is 1. The van der Waals surface area contributed by atoms with Crippen LogP contribution in [0.15, 0.2) is 36.8 Å². The van der Waals surface area contributed by atoms with Crippen LogP contribution in [0.5, 0.6) is 0 Å². The van der Waals surface area contributed by atoms with Crippen LogP contribution in [-0.4, -0.2) is 16.0 Å². The van der Waals surface area contributed by atoms with Gasteiger partial charge in [-0.25, -0.2) is 4.98 Å². The maximum absolute atomic E-state index is 4.06. The lowest BCUT2D eigenvalue weighted by Gasteiger charge is -2.33. The second-order valence-electron chi connectivity index (χ2n) is 6.15. The first-order chi connectivity index (χ1) is 9.72.